The Hall–Kier alpha value is -0.440. The monoisotopic (exact) mass is 413 g/mol. The zero-order chi connectivity index (χ0) is 14.6. The molecule has 1 unspecified atom stereocenters. The normalized spacial score (nSPS) is 13.2. The van der Waals surface area contributed by atoms with Gasteiger partial charge >= 0.3 is 5.97 Å². The first-order valence-electron chi connectivity index (χ1n) is 5.48. The lowest BCUT2D eigenvalue weighted by atomic mass is 10.2. The lowest BCUT2D eigenvalue weighted by molar-refractivity contribution is -0.139. The van der Waals surface area contributed by atoms with Crippen molar-refractivity contribution < 1.29 is 18.3 Å². The van der Waals surface area contributed by atoms with Crippen LogP contribution in [-0.2, 0) is 14.8 Å². The molecule has 0 aromatic heterocycles. The predicted octanol–water partition coefficient (Wildman–Crippen LogP) is 2.74. The Labute approximate surface area is 128 Å². The van der Waals surface area contributed by atoms with Crippen LogP contribution in [0.15, 0.2) is 32.0 Å². The molecule has 1 aromatic rings. The summed E-state index contributed by atoms with van der Waals surface area (Å²) in [6, 6.07) is 3.55. The fraction of sp³-hybridized carbons (Fsp3) is 0.364. The molecule has 0 aliphatic rings. The Kier molecular flexibility index (Phi) is 5.97. The van der Waals surface area contributed by atoms with E-state index in [9.17, 15) is 13.2 Å². The summed E-state index contributed by atoms with van der Waals surface area (Å²) >= 11 is 6.33. The van der Waals surface area contributed by atoms with Crippen molar-refractivity contribution in [1.29, 1.82) is 0 Å². The number of hydrogen-bond acceptors (Lipinski definition) is 3. The molecular weight excluding hydrogens is 402 g/mol. The summed E-state index contributed by atoms with van der Waals surface area (Å²) in [6.45, 7) is 1.79. The van der Waals surface area contributed by atoms with Gasteiger partial charge in [-0.2, -0.15) is 4.72 Å². The summed E-state index contributed by atoms with van der Waals surface area (Å²) < 4.78 is 27.5. The highest BCUT2D eigenvalue weighted by Crippen LogP contribution is 2.25. The molecule has 0 radical (unpaired) electrons. The maximum atomic E-state index is 12.2. The standard InChI is InChI=1S/C11H13Br2NO4S/c1-2-3-9(11(15)16)14-19(17,18)10-6-7(12)4-5-8(10)13/h4-6,9,14H,2-3H2,1H3,(H,15,16). The van der Waals surface area contributed by atoms with Crippen LogP contribution in [0.4, 0.5) is 0 Å². The molecule has 0 spiro atoms. The lowest BCUT2D eigenvalue weighted by Gasteiger charge is -2.15. The Bertz CT molecular complexity index is 574. The Morgan fingerprint density at radius 3 is 2.58 bits per heavy atom. The topological polar surface area (TPSA) is 83.5 Å². The smallest absolute Gasteiger partial charge is 0.321 e. The van der Waals surface area contributed by atoms with E-state index in [0.29, 0.717) is 15.4 Å². The quantitative estimate of drug-likeness (QED) is 0.749. The average Bonchev–Trinajstić information content (AvgIpc) is 2.31. The molecule has 1 rings (SSSR count). The Morgan fingerprint density at radius 1 is 1.42 bits per heavy atom. The van der Waals surface area contributed by atoms with Crippen LogP contribution in [0.5, 0.6) is 0 Å². The second kappa shape index (κ2) is 6.83. The minimum absolute atomic E-state index is 0.00391. The maximum absolute atomic E-state index is 12.2. The van der Waals surface area contributed by atoms with Gasteiger partial charge in [0.25, 0.3) is 0 Å². The number of nitrogens with one attached hydrogen (secondary N) is 1. The Balaban J connectivity index is 3.10. The molecule has 0 aliphatic heterocycles. The first kappa shape index (κ1) is 16.6. The van der Waals surface area contributed by atoms with Crippen LogP contribution in [0.1, 0.15) is 19.8 Å². The van der Waals surface area contributed by atoms with Crippen molar-refractivity contribution in [3.63, 3.8) is 0 Å². The van der Waals surface area contributed by atoms with Gasteiger partial charge in [0.2, 0.25) is 10.0 Å². The van der Waals surface area contributed by atoms with Crippen molar-refractivity contribution in [2.24, 2.45) is 0 Å². The summed E-state index contributed by atoms with van der Waals surface area (Å²) in [4.78, 5) is 11.0. The fourth-order valence-corrected chi connectivity index (χ4v) is 4.18. The van der Waals surface area contributed by atoms with Crippen molar-refractivity contribution in [3.8, 4) is 0 Å². The van der Waals surface area contributed by atoms with Crippen molar-refractivity contribution in [1.82, 2.24) is 4.72 Å². The summed E-state index contributed by atoms with van der Waals surface area (Å²) in [7, 11) is -3.89. The van der Waals surface area contributed by atoms with Gasteiger partial charge in [-0.1, -0.05) is 29.3 Å². The Morgan fingerprint density at radius 2 is 2.05 bits per heavy atom. The zero-order valence-corrected chi connectivity index (χ0v) is 14.0. The molecule has 2 N–H and O–H groups in total. The summed E-state index contributed by atoms with van der Waals surface area (Å²) in [5.41, 5.74) is 0. The highest BCUT2D eigenvalue weighted by Gasteiger charge is 2.26. The number of carbonyl (C=O) groups is 1. The third-order valence-electron chi connectivity index (χ3n) is 2.36. The molecule has 5 nitrogen and oxygen atoms in total. The van der Waals surface area contributed by atoms with Gasteiger partial charge in [0.15, 0.2) is 0 Å². The minimum Gasteiger partial charge on any atom is -0.480 e. The molecule has 0 saturated heterocycles. The molecular formula is C11H13Br2NO4S. The van der Waals surface area contributed by atoms with Gasteiger partial charge < -0.3 is 5.11 Å². The number of halogens is 2. The molecule has 1 aromatic carbocycles. The van der Waals surface area contributed by atoms with E-state index < -0.39 is 22.0 Å². The van der Waals surface area contributed by atoms with E-state index in [-0.39, 0.29) is 11.3 Å². The van der Waals surface area contributed by atoms with E-state index in [1.165, 1.54) is 6.07 Å². The van der Waals surface area contributed by atoms with Crippen LogP contribution >= 0.6 is 31.9 Å². The SMILES string of the molecule is CCCC(NS(=O)(=O)c1cc(Br)ccc1Br)C(=O)O. The summed E-state index contributed by atoms with van der Waals surface area (Å²) in [5.74, 6) is -1.18. The first-order valence-corrected chi connectivity index (χ1v) is 8.55. The van der Waals surface area contributed by atoms with E-state index >= 15 is 0 Å². The number of carboxylic acid groups (broad SMARTS) is 1. The molecule has 1 atom stereocenters. The third-order valence-corrected chi connectivity index (χ3v) is 5.31. The summed E-state index contributed by atoms with van der Waals surface area (Å²) in [6.07, 6.45) is 0.805. The van der Waals surface area contributed by atoms with Crippen LogP contribution in [-0.4, -0.2) is 25.5 Å². The molecule has 19 heavy (non-hydrogen) atoms. The van der Waals surface area contributed by atoms with Crippen LogP contribution in [0.25, 0.3) is 0 Å². The zero-order valence-electron chi connectivity index (χ0n) is 10.1. The molecule has 0 saturated carbocycles. The van der Waals surface area contributed by atoms with Gasteiger partial charge in [-0.25, -0.2) is 8.42 Å². The van der Waals surface area contributed by atoms with E-state index in [2.05, 4.69) is 36.6 Å². The van der Waals surface area contributed by atoms with Crippen LogP contribution in [0.3, 0.4) is 0 Å². The average molecular weight is 415 g/mol. The van der Waals surface area contributed by atoms with Crippen LogP contribution in [0, 0.1) is 0 Å². The van der Waals surface area contributed by atoms with Crippen molar-refractivity contribution >= 4 is 47.9 Å². The molecule has 0 fully saturated rings. The van der Waals surface area contributed by atoms with Crippen LogP contribution < -0.4 is 4.72 Å². The maximum Gasteiger partial charge on any atom is 0.321 e. The van der Waals surface area contributed by atoms with Crippen molar-refractivity contribution in [2.75, 3.05) is 0 Å². The van der Waals surface area contributed by atoms with Crippen molar-refractivity contribution in [2.45, 2.75) is 30.7 Å². The lowest BCUT2D eigenvalue weighted by Crippen LogP contribution is -2.40. The van der Waals surface area contributed by atoms with Crippen LogP contribution in [0.2, 0.25) is 0 Å². The second-order valence-corrected chi connectivity index (χ2v) is 7.33. The van der Waals surface area contributed by atoms with Gasteiger partial charge in [-0.05, 0) is 40.5 Å². The van der Waals surface area contributed by atoms with E-state index in [1.807, 2.05) is 0 Å². The number of carboxylic acids is 1. The second-order valence-electron chi connectivity index (χ2n) is 3.88. The number of sulfonamides is 1. The van der Waals surface area contributed by atoms with Gasteiger partial charge in [-0.3, -0.25) is 4.79 Å². The van der Waals surface area contributed by atoms with Crippen molar-refractivity contribution in [3.05, 3.63) is 27.1 Å². The number of hydrogen-bond donors (Lipinski definition) is 2. The molecule has 0 bridgehead atoms. The summed E-state index contributed by atoms with van der Waals surface area (Å²) in [5, 5.41) is 8.99. The van der Waals surface area contributed by atoms with E-state index in [1.54, 1.807) is 19.1 Å². The molecule has 0 amide bonds. The molecule has 0 heterocycles. The fourth-order valence-electron chi connectivity index (χ4n) is 1.46. The highest BCUT2D eigenvalue weighted by molar-refractivity contribution is 9.11. The molecule has 0 aliphatic carbocycles. The number of rotatable bonds is 6. The van der Waals surface area contributed by atoms with E-state index in [4.69, 9.17) is 5.11 Å². The largest absolute Gasteiger partial charge is 0.480 e. The predicted molar refractivity (Wildman–Crippen MR) is 78.5 cm³/mol. The highest BCUT2D eigenvalue weighted by atomic mass is 79.9. The van der Waals surface area contributed by atoms with Gasteiger partial charge in [0, 0.05) is 8.95 Å². The van der Waals surface area contributed by atoms with Gasteiger partial charge in [0.1, 0.15) is 6.04 Å². The van der Waals surface area contributed by atoms with E-state index in [0.717, 1.165) is 0 Å². The molecule has 106 valence electrons. The van der Waals surface area contributed by atoms with Gasteiger partial charge in [0.05, 0.1) is 4.90 Å². The minimum atomic E-state index is -3.89. The number of aliphatic carboxylic acids is 1. The third kappa shape index (κ3) is 4.55. The number of benzene rings is 1. The first-order chi connectivity index (χ1) is 8.77. The molecule has 8 heteroatoms. The van der Waals surface area contributed by atoms with Gasteiger partial charge in [-0.15, -0.1) is 0 Å².